The maximum Gasteiger partial charge on any atom is 0.272 e. The summed E-state index contributed by atoms with van der Waals surface area (Å²) in [5, 5.41) is 5.94. The van der Waals surface area contributed by atoms with Gasteiger partial charge in [-0.15, -0.1) is 0 Å². The zero-order chi connectivity index (χ0) is 22.7. The van der Waals surface area contributed by atoms with E-state index in [-0.39, 0.29) is 30.1 Å². The molecule has 0 fully saturated rings. The van der Waals surface area contributed by atoms with Gasteiger partial charge in [0, 0.05) is 24.2 Å². The summed E-state index contributed by atoms with van der Waals surface area (Å²) in [7, 11) is 1.57. The van der Waals surface area contributed by atoms with Crippen LogP contribution in [0.2, 0.25) is 0 Å². The van der Waals surface area contributed by atoms with Crippen LogP contribution in [0.5, 0.6) is 5.75 Å². The molecule has 2 heterocycles. The van der Waals surface area contributed by atoms with E-state index in [1.54, 1.807) is 31.4 Å². The Hall–Kier alpha value is -3.94. The van der Waals surface area contributed by atoms with Crippen molar-refractivity contribution in [1.82, 2.24) is 19.9 Å². The molecule has 0 bridgehead atoms. The lowest BCUT2D eigenvalue weighted by atomic mass is 10.0. The highest BCUT2D eigenvalue weighted by atomic mass is 19.1. The highest BCUT2D eigenvalue weighted by Crippen LogP contribution is 2.19. The molecule has 2 aromatic heterocycles. The Morgan fingerprint density at radius 1 is 1.19 bits per heavy atom. The van der Waals surface area contributed by atoms with Gasteiger partial charge in [0.2, 0.25) is 5.91 Å². The Bertz CT molecular complexity index is 1310. The number of benzene rings is 2. The molecule has 7 nitrogen and oxygen atoms in total. The molecule has 4 aromatic rings. The second-order valence-corrected chi connectivity index (χ2v) is 7.62. The molecule has 0 radical (unpaired) electrons. The first kappa shape index (κ1) is 21.3. The molecule has 0 saturated heterocycles. The van der Waals surface area contributed by atoms with Gasteiger partial charge < -0.3 is 10.1 Å². The minimum absolute atomic E-state index is 0.154. The SMILES string of the molecule is COc1cccc(CC(=O)N[C@@H](Cc2cc(=O)n3[nH]c(C)cc3n2)c2ccc(F)cc2)c1. The van der Waals surface area contributed by atoms with Crippen LogP contribution in [-0.4, -0.2) is 27.6 Å². The quantitative estimate of drug-likeness (QED) is 0.468. The number of carbonyl (C=O) groups excluding carboxylic acids is 1. The molecule has 0 aliphatic heterocycles. The molecular formula is C24H23FN4O3. The molecule has 0 saturated carbocycles. The van der Waals surface area contributed by atoms with Crippen molar-refractivity contribution < 1.29 is 13.9 Å². The summed E-state index contributed by atoms with van der Waals surface area (Å²) < 4.78 is 20.1. The van der Waals surface area contributed by atoms with Gasteiger partial charge in [0.05, 0.1) is 25.3 Å². The largest absolute Gasteiger partial charge is 0.497 e. The number of amides is 1. The van der Waals surface area contributed by atoms with Gasteiger partial charge in [-0.05, 0) is 42.3 Å². The van der Waals surface area contributed by atoms with Crippen LogP contribution in [0.25, 0.3) is 5.65 Å². The van der Waals surface area contributed by atoms with Crippen molar-refractivity contribution in [3.8, 4) is 5.75 Å². The summed E-state index contributed by atoms with van der Waals surface area (Å²) in [6.45, 7) is 1.84. The number of ether oxygens (including phenoxy) is 1. The van der Waals surface area contributed by atoms with Crippen molar-refractivity contribution >= 4 is 11.6 Å². The number of aromatic amines is 1. The minimum atomic E-state index is -0.483. The number of hydrogen-bond acceptors (Lipinski definition) is 4. The van der Waals surface area contributed by atoms with Crippen molar-refractivity contribution in [1.29, 1.82) is 0 Å². The topological polar surface area (TPSA) is 88.5 Å². The highest BCUT2D eigenvalue weighted by Gasteiger charge is 2.18. The highest BCUT2D eigenvalue weighted by molar-refractivity contribution is 5.79. The number of carbonyl (C=O) groups is 1. The molecular weight excluding hydrogens is 411 g/mol. The van der Waals surface area contributed by atoms with E-state index >= 15 is 0 Å². The maximum absolute atomic E-state index is 13.5. The first-order valence-corrected chi connectivity index (χ1v) is 10.2. The number of fused-ring (bicyclic) bond motifs is 1. The lowest BCUT2D eigenvalue weighted by molar-refractivity contribution is -0.121. The number of aromatic nitrogens is 3. The number of halogens is 1. The average Bonchev–Trinajstić information content (AvgIpc) is 3.15. The van der Waals surface area contributed by atoms with Crippen LogP contribution in [0, 0.1) is 12.7 Å². The third-order valence-corrected chi connectivity index (χ3v) is 5.15. The number of H-pyrrole nitrogens is 1. The molecule has 0 unspecified atom stereocenters. The molecule has 8 heteroatoms. The van der Waals surface area contributed by atoms with Crippen LogP contribution >= 0.6 is 0 Å². The van der Waals surface area contributed by atoms with E-state index in [0.29, 0.717) is 17.1 Å². The molecule has 2 N–H and O–H groups in total. The molecule has 2 aromatic carbocycles. The van der Waals surface area contributed by atoms with E-state index in [1.165, 1.54) is 22.7 Å². The van der Waals surface area contributed by atoms with E-state index in [0.717, 1.165) is 16.8 Å². The van der Waals surface area contributed by atoms with Crippen molar-refractivity contribution in [2.24, 2.45) is 0 Å². The first-order chi connectivity index (χ1) is 15.4. The van der Waals surface area contributed by atoms with E-state index in [1.807, 2.05) is 25.1 Å². The maximum atomic E-state index is 13.5. The number of nitrogens with one attached hydrogen (secondary N) is 2. The minimum Gasteiger partial charge on any atom is -0.497 e. The lowest BCUT2D eigenvalue weighted by Crippen LogP contribution is -2.32. The fourth-order valence-corrected chi connectivity index (χ4v) is 3.64. The zero-order valence-corrected chi connectivity index (χ0v) is 17.8. The number of aryl methyl sites for hydroxylation is 1. The van der Waals surface area contributed by atoms with E-state index in [2.05, 4.69) is 15.4 Å². The van der Waals surface area contributed by atoms with Gasteiger partial charge in [-0.25, -0.2) is 13.9 Å². The smallest absolute Gasteiger partial charge is 0.272 e. The van der Waals surface area contributed by atoms with Crippen LogP contribution in [0.1, 0.15) is 28.6 Å². The molecule has 164 valence electrons. The summed E-state index contributed by atoms with van der Waals surface area (Å²) in [5.74, 6) is 0.101. The van der Waals surface area contributed by atoms with Gasteiger partial charge in [0.1, 0.15) is 11.6 Å². The molecule has 0 aliphatic rings. The van der Waals surface area contributed by atoms with Crippen LogP contribution in [0.4, 0.5) is 4.39 Å². The molecule has 1 amide bonds. The van der Waals surface area contributed by atoms with Gasteiger partial charge >= 0.3 is 0 Å². The lowest BCUT2D eigenvalue weighted by Gasteiger charge is -2.19. The Morgan fingerprint density at radius 2 is 1.97 bits per heavy atom. The van der Waals surface area contributed by atoms with E-state index < -0.39 is 6.04 Å². The number of rotatable bonds is 7. The standard InChI is InChI=1S/C24H23FN4O3/c1-15-10-22-26-19(14-24(31)29(22)28-15)13-21(17-6-8-18(25)9-7-17)27-23(30)12-16-4-3-5-20(11-16)32-2/h3-11,14,21,28H,12-13H2,1-2H3,(H,27,30)/t21-/m0/s1. The summed E-state index contributed by atoms with van der Waals surface area (Å²) in [4.78, 5) is 29.8. The number of methoxy groups -OCH3 is 1. The summed E-state index contributed by atoms with van der Waals surface area (Å²) in [6, 6.07) is 16.0. The predicted octanol–water partition coefficient (Wildman–Crippen LogP) is 3.12. The van der Waals surface area contributed by atoms with Crippen LogP contribution in [0.15, 0.2) is 65.5 Å². The van der Waals surface area contributed by atoms with Gasteiger partial charge in [-0.1, -0.05) is 24.3 Å². The Balaban J connectivity index is 1.59. The predicted molar refractivity (Wildman–Crippen MR) is 118 cm³/mol. The van der Waals surface area contributed by atoms with E-state index in [4.69, 9.17) is 4.74 Å². The summed E-state index contributed by atoms with van der Waals surface area (Å²) >= 11 is 0. The molecule has 32 heavy (non-hydrogen) atoms. The van der Waals surface area contributed by atoms with Crippen molar-refractivity contribution in [2.45, 2.75) is 25.8 Å². The van der Waals surface area contributed by atoms with Crippen LogP contribution in [0.3, 0.4) is 0 Å². The number of hydrogen-bond donors (Lipinski definition) is 2. The normalized spacial score (nSPS) is 12.0. The molecule has 4 rings (SSSR count). The van der Waals surface area contributed by atoms with Gasteiger partial charge in [0.25, 0.3) is 5.56 Å². The fraction of sp³-hybridized carbons (Fsp3) is 0.208. The fourth-order valence-electron chi connectivity index (χ4n) is 3.64. The van der Waals surface area contributed by atoms with Crippen molar-refractivity contribution in [2.75, 3.05) is 7.11 Å². The Labute approximate surface area is 183 Å². The molecule has 1 atom stereocenters. The second kappa shape index (κ2) is 9.05. The zero-order valence-electron chi connectivity index (χ0n) is 17.8. The third-order valence-electron chi connectivity index (χ3n) is 5.15. The number of nitrogens with zero attached hydrogens (tertiary/aromatic N) is 2. The van der Waals surface area contributed by atoms with Crippen LogP contribution in [-0.2, 0) is 17.6 Å². The summed E-state index contributed by atoms with van der Waals surface area (Å²) in [6.07, 6.45) is 0.437. The van der Waals surface area contributed by atoms with Gasteiger partial charge in [-0.3, -0.25) is 14.7 Å². The third kappa shape index (κ3) is 4.85. The monoisotopic (exact) mass is 434 g/mol. The average molecular weight is 434 g/mol. The van der Waals surface area contributed by atoms with Crippen molar-refractivity contribution in [3.05, 3.63) is 99.3 Å². The second-order valence-electron chi connectivity index (χ2n) is 7.62. The van der Waals surface area contributed by atoms with Gasteiger partial charge in [0.15, 0.2) is 5.65 Å². The van der Waals surface area contributed by atoms with E-state index in [9.17, 15) is 14.0 Å². The van der Waals surface area contributed by atoms with Crippen molar-refractivity contribution in [3.63, 3.8) is 0 Å². The van der Waals surface area contributed by atoms with Crippen LogP contribution < -0.4 is 15.6 Å². The molecule has 0 aliphatic carbocycles. The summed E-state index contributed by atoms with van der Waals surface area (Å²) in [5.41, 5.74) is 3.14. The first-order valence-electron chi connectivity index (χ1n) is 10.2. The van der Waals surface area contributed by atoms with Gasteiger partial charge in [-0.2, -0.15) is 0 Å². The molecule has 0 spiro atoms. The Kier molecular flexibility index (Phi) is 6.02. The Morgan fingerprint density at radius 3 is 2.72 bits per heavy atom.